The molecule has 0 saturated carbocycles. The van der Waals surface area contributed by atoms with E-state index in [1.165, 1.54) is 17.2 Å². The molecule has 6 heteroatoms. The quantitative estimate of drug-likeness (QED) is 0.790. The summed E-state index contributed by atoms with van der Waals surface area (Å²) < 4.78 is 0. The van der Waals surface area contributed by atoms with Gasteiger partial charge in [0.25, 0.3) is 11.5 Å². The standard InChI is InChI=1S/C12H14N2O4/c15-10-9(2-1-5-13-10)11(16)14-6-3-8(4-7-14)12(17)18/h1-2,5,8H,3-4,6-7H2,(H,13,15)(H,17,18). The molecule has 1 aliphatic rings. The molecule has 96 valence electrons. The van der Waals surface area contributed by atoms with Crippen molar-refractivity contribution in [2.45, 2.75) is 12.8 Å². The first kappa shape index (κ1) is 12.3. The first-order valence-electron chi connectivity index (χ1n) is 5.79. The van der Waals surface area contributed by atoms with Crippen LogP contribution in [0.5, 0.6) is 0 Å². The van der Waals surface area contributed by atoms with Crippen LogP contribution >= 0.6 is 0 Å². The molecule has 1 saturated heterocycles. The van der Waals surface area contributed by atoms with Gasteiger partial charge in [0.1, 0.15) is 5.56 Å². The van der Waals surface area contributed by atoms with Gasteiger partial charge in [-0.3, -0.25) is 14.4 Å². The predicted octanol–water partition coefficient (Wildman–Crippen LogP) is 0.312. The number of carboxylic acids is 1. The van der Waals surface area contributed by atoms with Gasteiger partial charge in [0.2, 0.25) is 0 Å². The third-order valence-corrected chi connectivity index (χ3v) is 3.18. The zero-order chi connectivity index (χ0) is 13.1. The third-order valence-electron chi connectivity index (χ3n) is 3.18. The van der Waals surface area contributed by atoms with Gasteiger partial charge in [0.15, 0.2) is 0 Å². The number of carbonyl (C=O) groups excluding carboxylic acids is 1. The Kier molecular flexibility index (Phi) is 3.45. The first-order chi connectivity index (χ1) is 8.59. The lowest BCUT2D eigenvalue weighted by atomic mass is 9.97. The highest BCUT2D eigenvalue weighted by atomic mass is 16.4. The zero-order valence-corrected chi connectivity index (χ0v) is 9.76. The number of hydrogen-bond donors (Lipinski definition) is 2. The molecule has 0 unspecified atom stereocenters. The minimum absolute atomic E-state index is 0.103. The minimum Gasteiger partial charge on any atom is -0.481 e. The average molecular weight is 250 g/mol. The Morgan fingerprint density at radius 2 is 2.00 bits per heavy atom. The maximum absolute atomic E-state index is 12.1. The van der Waals surface area contributed by atoms with E-state index in [4.69, 9.17) is 5.11 Å². The number of carboxylic acid groups (broad SMARTS) is 1. The molecular formula is C12H14N2O4. The second kappa shape index (κ2) is 5.03. The summed E-state index contributed by atoms with van der Waals surface area (Å²) >= 11 is 0. The summed E-state index contributed by atoms with van der Waals surface area (Å²) in [6.07, 6.45) is 2.34. The normalized spacial score (nSPS) is 16.6. The van der Waals surface area contributed by atoms with Crippen LogP contribution in [0.15, 0.2) is 23.1 Å². The van der Waals surface area contributed by atoms with Gasteiger partial charge in [0.05, 0.1) is 5.92 Å². The van der Waals surface area contributed by atoms with Gasteiger partial charge in [-0.2, -0.15) is 0 Å². The van der Waals surface area contributed by atoms with Crippen molar-refractivity contribution in [2.75, 3.05) is 13.1 Å². The lowest BCUT2D eigenvalue weighted by Crippen LogP contribution is -2.41. The van der Waals surface area contributed by atoms with E-state index in [-0.39, 0.29) is 17.4 Å². The fourth-order valence-electron chi connectivity index (χ4n) is 2.09. The number of H-pyrrole nitrogens is 1. The Balaban J connectivity index is 2.07. The van der Waals surface area contributed by atoms with Crippen molar-refractivity contribution in [3.8, 4) is 0 Å². The minimum atomic E-state index is -0.820. The summed E-state index contributed by atoms with van der Waals surface area (Å²) in [5.41, 5.74) is -0.311. The lowest BCUT2D eigenvalue weighted by Gasteiger charge is -2.29. The van der Waals surface area contributed by atoms with Gasteiger partial charge in [0, 0.05) is 19.3 Å². The number of aromatic nitrogens is 1. The number of aliphatic carboxylic acids is 1. The summed E-state index contributed by atoms with van der Waals surface area (Å²) in [4.78, 5) is 38.3. The fourth-order valence-corrected chi connectivity index (χ4v) is 2.09. The second-order valence-corrected chi connectivity index (χ2v) is 4.32. The van der Waals surface area contributed by atoms with Gasteiger partial charge < -0.3 is 15.0 Å². The largest absolute Gasteiger partial charge is 0.481 e. The summed E-state index contributed by atoms with van der Waals surface area (Å²) in [5, 5.41) is 8.87. The van der Waals surface area contributed by atoms with Gasteiger partial charge in [-0.05, 0) is 25.0 Å². The highest BCUT2D eigenvalue weighted by molar-refractivity contribution is 5.93. The van der Waals surface area contributed by atoms with Crippen molar-refractivity contribution in [2.24, 2.45) is 5.92 Å². The van der Waals surface area contributed by atoms with Crippen LogP contribution in [-0.2, 0) is 4.79 Å². The molecule has 1 fully saturated rings. The summed E-state index contributed by atoms with van der Waals surface area (Å²) in [6, 6.07) is 3.07. The van der Waals surface area contributed by atoms with Crippen molar-refractivity contribution < 1.29 is 14.7 Å². The monoisotopic (exact) mass is 250 g/mol. The zero-order valence-electron chi connectivity index (χ0n) is 9.76. The number of amides is 1. The van der Waals surface area contributed by atoms with E-state index >= 15 is 0 Å². The van der Waals surface area contributed by atoms with Gasteiger partial charge >= 0.3 is 5.97 Å². The predicted molar refractivity (Wildman–Crippen MR) is 63.3 cm³/mol. The number of pyridine rings is 1. The molecule has 0 aromatic carbocycles. The number of rotatable bonds is 2. The van der Waals surface area contributed by atoms with Crippen LogP contribution in [0.1, 0.15) is 23.2 Å². The highest BCUT2D eigenvalue weighted by Gasteiger charge is 2.28. The molecule has 1 aromatic heterocycles. The van der Waals surface area contributed by atoms with E-state index in [2.05, 4.69) is 4.98 Å². The summed E-state index contributed by atoms with van der Waals surface area (Å²) in [6.45, 7) is 0.758. The number of likely N-dealkylation sites (tertiary alicyclic amines) is 1. The van der Waals surface area contributed by atoms with E-state index in [0.717, 1.165) is 0 Å². The van der Waals surface area contributed by atoms with Crippen molar-refractivity contribution in [3.63, 3.8) is 0 Å². The molecule has 1 aromatic rings. The van der Waals surface area contributed by atoms with Crippen molar-refractivity contribution in [1.29, 1.82) is 0 Å². The van der Waals surface area contributed by atoms with Crippen LogP contribution in [-0.4, -0.2) is 40.0 Å². The van der Waals surface area contributed by atoms with Crippen molar-refractivity contribution >= 4 is 11.9 Å². The van der Waals surface area contributed by atoms with Crippen LogP contribution in [0.4, 0.5) is 0 Å². The SMILES string of the molecule is O=C(O)C1CCN(C(=O)c2ccc[nH]c2=O)CC1. The molecule has 0 bridgehead atoms. The number of aromatic amines is 1. The molecule has 0 radical (unpaired) electrons. The highest BCUT2D eigenvalue weighted by Crippen LogP contribution is 2.18. The number of hydrogen-bond acceptors (Lipinski definition) is 3. The van der Waals surface area contributed by atoms with Crippen molar-refractivity contribution in [1.82, 2.24) is 9.88 Å². The first-order valence-corrected chi connectivity index (χ1v) is 5.79. The fraction of sp³-hybridized carbons (Fsp3) is 0.417. The Bertz CT molecular complexity index is 515. The average Bonchev–Trinajstić information content (AvgIpc) is 2.38. The molecule has 1 amide bonds. The molecule has 0 spiro atoms. The maximum atomic E-state index is 12.1. The van der Waals surface area contributed by atoms with Crippen LogP contribution in [0, 0.1) is 5.92 Å². The molecule has 2 rings (SSSR count). The number of carbonyl (C=O) groups is 2. The van der Waals surface area contributed by atoms with Crippen molar-refractivity contribution in [3.05, 3.63) is 34.2 Å². The molecule has 2 N–H and O–H groups in total. The van der Waals surface area contributed by atoms with E-state index in [1.807, 2.05) is 0 Å². The summed E-state index contributed by atoms with van der Waals surface area (Å²) in [7, 11) is 0. The topological polar surface area (TPSA) is 90.5 Å². The maximum Gasteiger partial charge on any atom is 0.306 e. The van der Waals surface area contributed by atoms with Crippen LogP contribution < -0.4 is 5.56 Å². The van der Waals surface area contributed by atoms with E-state index < -0.39 is 11.5 Å². The molecule has 0 aliphatic carbocycles. The number of piperidine rings is 1. The van der Waals surface area contributed by atoms with E-state index in [1.54, 1.807) is 6.07 Å². The molecule has 2 heterocycles. The van der Waals surface area contributed by atoms with E-state index in [0.29, 0.717) is 25.9 Å². The Morgan fingerprint density at radius 3 is 2.56 bits per heavy atom. The molecule has 18 heavy (non-hydrogen) atoms. The Morgan fingerprint density at radius 1 is 1.33 bits per heavy atom. The molecule has 6 nitrogen and oxygen atoms in total. The number of nitrogens with one attached hydrogen (secondary N) is 1. The summed E-state index contributed by atoms with van der Waals surface area (Å²) in [5.74, 6) is -1.54. The van der Waals surface area contributed by atoms with Gasteiger partial charge in [-0.25, -0.2) is 0 Å². The third kappa shape index (κ3) is 2.42. The van der Waals surface area contributed by atoms with Crippen LogP contribution in [0.3, 0.4) is 0 Å². The molecule has 1 aliphatic heterocycles. The van der Waals surface area contributed by atoms with Gasteiger partial charge in [-0.1, -0.05) is 0 Å². The second-order valence-electron chi connectivity index (χ2n) is 4.32. The lowest BCUT2D eigenvalue weighted by molar-refractivity contribution is -0.143. The van der Waals surface area contributed by atoms with Gasteiger partial charge in [-0.15, -0.1) is 0 Å². The van der Waals surface area contributed by atoms with Crippen LogP contribution in [0.25, 0.3) is 0 Å². The Hall–Kier alpha value is -2.11. The smallest absolute Gasteiger partial charge is 0.306 e. The Labute approximate surface area is 103 Å². The number of nitrogens with zero attached hydrogens (tertiary/aromatic N) is 1. The van der Waals surface area contributed by atoms with Crippen LogP contribution in [0.2, 0.25) is 0 Å². The molecule has 0 atom stereocenters. The van der Waals surface area contributed by atoms with E-state index in [9.17, 15) is 14.4 Å². The molecular weight excluding hydrogens is 236 g/mol.